The van der Waals surface area contributed by atoms with Gasteiger partial charge in [0.15, 0.2) is 0 Å². The topological polar surface area (TPSA) is 102 Å². The maximum atomic E-state index is 11.4. The molecule has 0 fully saturated rings. The van der Waals surface area contributed by atoms with E-state index in [4.69, 9.17) is 11.6 Å². The van der Waals surface area contributed by atoms with E-state index in [2.05, 4.69) is 0 Å². The van der Waals surface area contributed by atoms with Crippen LogP contribution >= 0.6 is 46.0 Å². The number of carboxylic acid groups (broad SMARTS) is 1. The van der Waals surface area contributed by atoms with Crippen molar-refractivity contribution >= 4 is 83.4 Å². The van der Waals surface area contributed by atoms with Crippen LogP contribution in [0, 0.1) is 0 Å². The maximum absolute atomic E-state index is 11.4. The highest BCUT2D eigenvalue weighted by Gasteiger charge is 2.29. The normalized spacial score (nSPS) is 15.3. The Morgan fingerprint density at radius 1 is 1.33 bits per heavy atom. The number of benzene rings is 1. The van der Waals surface area contributed by atoms with Crippen LogP contribution in [0.15, 0.2) is 39.6 Å². The van der Waals surface area contributed by atoms with Crippen LogP contribution in [0.2, 0.25) is 5.02 Å². The summed E-state index contributed by atoms with van der Waals surface area (Å²) in [7, 11) is -4.30. The fourth-order valence-corrected chi connectivity index (χ4v) is 7.19. The minimum absolute atomic E-state index is 0.155. The first kappa shape index (κ1) is 21.6. The van der Waals surface area contributed by atoms with Crippen molar-refractivity contribution in [3.05, 3.63) is 44.7 Å². The van der Waals surface area contributed by atoms with Crippen molar-refractivity contribution in [1.82, 2.24) is 0 Å². The Labute approximate surface area is 190 Å². The van der Waals surface area contributed by atoms with E-state index in [0.29, 0.717) is 11.6 Å². The molecular weight excluding hydrogens is 488 g/mol. The Kier molecular flexibility index (Phi) is 6.11. The van der Waals surface area contributed by atoms with Crippen LogP contribution in [0.5, 0.6) is 0 Å². The second-order valence-corrected chi connectivity index (χ2v) is 11.5. The molecule has 1 aliphatic heterocycles. The van der Waals surface area contributed by atoms with Crippen LogP contribution < -0.4 is 9.47 Å². The van der Waals surface area contributed by atoms with Crippen LogP contribution in [-0.4, -0.2) is 36.3 Å². The van der Waals surface area contributed by atoms with E-state index in [1.807, 2.05) is 28.5 Å². The first-order valence-corrected chi connectivity index (χ1v) is 13.2. The number of carboxylic acids is 1. The number of aromatic nitrogens is 1. The number of hydrogen-bond donors (Lipinski definition) is 1. The Hall–Kier alpha value is -1.63. The van der Waals surface area contributed by atoms with Crippen molar-refractivity contribution in [3.8, 4) is 0 Å². The Morgan fingerprint density at radius 3 is 2.87 bits per heavy atom. The SMILES string of the molecule is O=C(O)C[n+]1c(C=C2Sc3ccc(Cl)cc3N2CCCS(=O)(=O)[O-])sc2ccsc21. The minimum Gasteiger partial charge on any atom is -0.748 e. The molecule has 1 aliphatic rings. The van der Waals surface area contributed by atoms with Crippen molar-refractivity contribution in [3.63, 3.8) is 0 Å². The molecule has 0 spiro atoms. The van der Waals surface area contributed by atoms with E-state index in [1.165, 1.54) is 34.4 Å². The molecule has 0 unspecified atom stereocenters. The highest BCUT2D eigenvalue weighted by Crippen LogP contribution is 2.48. The number of anilines is 1. The first-order valence-electron chi connectivity index (χ1n) is 8.73. The molecule has 0 radical (unpaired) electrons. The molecule has 0 saturated carbocycles. The van der Waals surface area contributed by atoms with Gasteiger partial charge in [-0.2, -0.15) is 4.57 Å². The number of halogens is 1. The third kappa shape index (κ3) is 4.66. The molecule has 1 N–H and O–H groups in total. The minimum atomic E-state index is -4.30. The summed E-state index contributed by atoms with van der Waals surface area (Å²) in [4.78, 5) is 15.2. The molecule has 2 aromatic heterocycles. The van der Waals surface area contributed by atoms with Gasteiger partial charge in [0.25, 0.3) is 9.84 Å². The highest BCUT2D eigenvalue weighted by molar-refractivity contribution is 8.03. The van der Waals surface area contributed by atoms with Crippen molar-refractivity contribution in [2.45, 2.75) is 17.9 Å². The van der Waals surface area contributed by atoms with E-state index >= 15 is 0 Å². The predicted molar refractivity (Wildman–Crippen MR) is 119 cm³/mol. The van der Waals surface area contributed by atoms with Gasteiger partial charge in [-0.05, 0) is 36.1 Å². The standard InChI is InChI=1S/C18H15ClN2O5S4/c19-11-2-3-13-12(8-11)20(5-1-7-30(24,25)26)15(28-13)9-16-21(10-17(22)23)18-14(29-16)4-6-27-18/h2-4,6,8-9H,1,5,7,10H2,(H-,22,23,24,25,26). The highest BCUT2D eigenvalue weighted by atomic mass is 35.5. The Morgan fingerprint density at radius 2 is 2.13 bits per heavy atom. The van der Waals surface area contributed by atoms with E-state index in [1.54, 1.807) is 16.7 Å². The van der Waals surface area contributed by atoms with Crippen molar-refractivity contribution in [2.24, 2.45) is 0 Å². The number of carbonyl (C=O) groups is 1. The van der Waals surface area contributed by atoms with Gasteiger partial charge in [0, 0.05) is 22.2 Å². The zero-order chi connectivity index (χ0) is 21.5. The lowest BCUT2D eigenvalue weighted by Gasteiger charge is -2.20. The smallest absolute Gasteiger partial charge is 0.370 e. The molecule has 0 saturated heterocycles. The van der Waals surface area contributed by atoms with E-state index in [-0.39, 0.29) is 13.0 Å². The molecular formula is C18H15ClN2O5S4. The van der Waals surface area contributed by atoms with Crippen LogP contribution in [-0.2, 0) is 21.5 Å². The Bertz CT molecular complexity index is 1260. The number of thioether (sulfide) groups is 1. The second kappa shape index (κ2) is 8.48. The zero-order valence-corrected chi connectivity index (χ0v) is 19.3. The quantitative estimate of drug-likeness (QED) is 0.387. The third-order valence-corrected chi connectivity index (χ3v) is 8.64. The molecule has 0 atom stereocenters. The lowest BCUT2D eigenvalue weighted by Crippen LogP contribution is -2.38. The fourth-order valence-electron chi connectivity index (χ4n) is 3.14. The molecule has 12 heteroatoms. The lowest BCUT2D eigenvalue weighted by molar-refractivity contribution is -0.655. The zero-order valence-electron chi connectivity index (χ0n) is 15.3. The summed E-state index contributed by atoms with van der Waals surface area (Å²) < 4.78 is 35.8. The fraction of sp³-hybridized carbons (Fsp3) is 0.222. The second-order valence-electron chi connectivity index (χ2n) is 6.47. The van der Waals surface area contributed by atoms with Crippen LogP contribution in [0.3, 0.4) is 0 Å². The van der Waals surface area contributed by atoms with E-state index in [0.717, 1.165) is 30.1 Å². The molecule has 4 rings (SSSR count). The number of fused-ring (bicyclic) bond motifs is 2. The number of aliphatic carboxylic acids is 1. The monoisotopic (exact) mass is 502 g/mol. The first-order chi connectivity index (χ1) is 14.2. The van der Waals surface area contributed by atoms with Gasteiger partial charge in [-0.1, -0.05) is 46.0 Å². The third-order valence-electron chi connectivity index (χ3n) is 4.34. The summed E-state index contributed by atoms with van der Waals surface area (Å²) in [5.41, 5.74) is 0.838. The molecule has 1 aromatic carbocycles. The molecule has 3 heterocycles. The van der Waals surface area contributed by atoms with Gasteiger partial charge in [-0.25, -0.2) is 13.2 Å². The Balaban J connectivity index is 1.73. The molecule has 0 amide bonds. The molecule has 158 valence electrons. The summed E-state index contributed by atoms with van der Waals surface area (Å²) in [5, 5.41) is 13.4. The van der Waals surface area contributed by atoms with Crippen molar-refractivity contribution < 1.29 is 27.4 Å². The van der Waals surface area contributed by atoms with Crippen molar-refractivity contribution in [2.75, 3.05) is 17.2 Å². The van der Waals surface area contributed by atoms with Crippen LogP contribution in [0.4, 0.5) is 5.69 Å². The number of thiophene rings is 1. The van der Waals surface area contributed by atoms with Crippen LogP contribution in [0.25, 0.3) is 15.6 Å². The molecule has 30 heavy (non-hydrogen) atoms. The summed E-state index contributed by atoms with van der Waals surface area (Å²) in [6.45, 7) is 0.170. The van der Waals surface area contributed by atoms with Gasteiger partial charge in [0.1, 0.15) is 4.70 Å². The van der Waals surface area contributed by atoms with E-state index < -0.39 is 21.8 Å². The maximum Gasteiger partial charge on any atom is 0.370 e. The van der Waals surface area contributed by atoms with Gasteiger partial charge in [-0.15, -0.1) is 0 Å². The summed E-state index contributed by atoms with van der Waals surface area (Å²) in [6, 6.07) is 7.42. The van der Waals surface area contributed by atoms with Gasteiger partial charge >= 0.3 is 5.97 Å². The number of hydrogen-bond acceptors (Lipinski definition) is 8. The molecule has 0 aliphatic carbocycles. The summed E-state index contributed by atoms with van der Waals surface area (Å²) in [5.74, 6) is -1.38. The number of thiazole rings is 1. The average Bonchev–Trinajstić information content (AvgIpc) is 3.30. The molecule has 3 aromatic rings. The van der Waals surface area contributed by atoms with Gasteiger partial charge in [0.05, 0.1) is 26.9 Å². The van der Waals surface area contributed by atoms with Crippen molar-refractivity contribution in [1.29, 1.82) is 0 Å². The average molecular weight is 503 g/mol. The lowest BCUT2D eigenvalue weighted by atomic mass is 10.2. The predicted octanol–water partition coefficient (Wildman–Crippen LogP) is 3.83. The number of nitrogens with zero attached hydrogens (tertiary/aromatic N) is 2. The molecule has 0 bridgehead atoms. The van der Waals surface area contributed by atoms with E-state index in [9.17, 15) is 22.9 Å². The van der Waals surface area contributed by atoms with Gasteiger partial charge in [-0.3, -0.25) is 0 Å². The number of rotatable bonds is 7. The van der Waals surface area contributed by atoms with Gasteiger partial charge in [0.2, 0.25) is 6.54 Å². The summed E-state index contributed by atoms with van der Waals surface area (Å²) >= 11 is 10.6. The van der Waals surface area contributed by atoms with Gasteiger partial charge < -0.3 is 14.6 Å². The molecule has 7 nitrogen and oxygen atoms in total. The summed E-state index contributed by atoms with van der Waals surface area (Å²) in [6.07, 6.45) is 2.08. The largest absolute Gasteiger partial charge is 0.748 e. The van der Waals surface area contributed by atoms with Crippen LogP contribution in [0.1, 0.15) is 11.4 Å².